The van der Waals surface area contributed by atoms with Gasteiger partial charge < -0.3 is 20.3 Å². The fourth-order valence-electron chi connectivity index (χ4n) is 2.55. The van der Waals surface area contributed by atoms with Crippen LogP contribution in [0.25, 0.3) is 0 Å². The molecule has 0 aromatic heterocycles. The van der Waals surface area contributed by atoms with E-state index in [2.05, 4.69) is 35.7 Å². The summed E-state index contributed by atoms with van der Waals surface area (Å²) >= 11 is 1.83. The third-order valence-electron chi connectivity index (χ3n) is 4.19. The zero-order valence-electron chi connectivity index (χ0n) is 16.9. The number of rotatable bonds is 5. The van der Waals surface area contributed by atoms with Crippen molar-refractivity contribution in [1.29, 1.82) is 0 Å². The highest BCUT2D eigenvalue weighted by Crippen LogP contribution is 2.20. The average Bonchev–Trinajstić information content (AvgIpc) is 2.53. The highest BCUT2D eigenvalue weighted by atomic mass is 32.2. The molecule has 6 nitrogen and oxygen atoms in total. The Bertz CT molecular complexity index is 460. The number of carbonyl (C=O) groups excluding carboxylic acids is 1. The van der Waals surface area contributed by atoms with Crippen LogP contribution in [0.5, 0.6) is 0 Å². The van der Waals surface area contributed by atoms with Crippen LogP contribution in [0.3, 0.4) is 0 Å². The molecule has 1 fully saturated rings. The Balaban J connectivity index is 2.44. The van der Waals surface area contributed by atoms with Crippen LogP contribution in [-0.2, 0) is 4.74 Å². The SMILES string of the molecule is CN=C(NCC1CCCN(C(=O)OC(C)(C)C)C1)NCC(C)(C)SC. The Morgan fingerprint density at radius 3 is 2.52 bits per heavy atom. The summed E-state index contributed by atoms with van der Waals surface area (Å²) in [7, 11) is 1.79. The van der Waals surface area contributed by atoms with E-state index in [9.17, 15) is 4.79 Å². The van der Waals surface area contributed by atoms with Gasteiger partial charge in [0.25, 0.3) is 0 Å². The number of piperidine rings is 1. The van der Waals surface area contributed by atoms with Gasteiger partial charge in [0, 0.05) is 38.0 Å². The molecule has 1 aliphatic rings. The molecule has 7 heteroatoms. The van der Waals surface area contributed by atoms with Gasteiger partial charge in [0.2, 0.25) is 0 Å². The lowest BCUT2D eigenvalue weighted by Gasteiger charge is -2.34. The molecule has 1 aliphatic heterocycles. The Hall–Kier alpha value is -1.11. The highest BCUT2D eigenvalue weighted by molar-refractivity contribution is 7.99. The van der Waals surface area contributed by atoms with Gasteiger partial charge in [-0.15, -0.1) is 0 Å². The smallest absolute Gasteiger partial charge is 0.410 e. The van der Waals surface area contributed by atoms with Crippen molar-refractivity contribution in [3.8, 4) is 0 Å². The van der Waals surface area contributed by atoms with Crippen molar-refractivity contribution < 1.29 is 9.53 Å². The second-order valence-electron chi connectivity index (χ2n) is 8.21. The van der Waals surface area contributed by atoms with Crippen LogP contribution in [0, 0.1) is 5.92 Å². The lowest BCUT2D eigenvalue weighted by Crippen LogP contribution is -2.48. The number of nitrogens with zero attached hydrogens (tertiary/aromatic N) is 2. The van der Waals surface area contributed by atoms with Crippen molar-refractivity contribution in [1.82, 2.24) is 15.5 Å². The molecular weight excluding hydrogens is 336 g/mol. The molecule has 0 aliphatic carbocycles. The summed E-state index contributed by atoms with van der Waals surface area (Å²) in [6.45, 7) is 13.3. The normalized spacial score (nSPS) is 19.6. The lowest BCUT2D eigenvalue weighted by molar-refractivity contribution is 0.0168. The monoisotopic (exact) mass is 372 g/mol. The summed E-state index contributed by atoms with van der Waals surface area (Å²) in [4.78, 5) is 18.4. The van der Waals surface area contributed by atoms with Gasteiger partial charge in [0.15, 0.2) is 5.96 Å². The number of hydrogen-bond donors (Lipinski definition) is 2. The molecule has 0 saturated carbocycles. The second kappa shape index (κ2) is 9.55. The predicted octanol–water partition coefficient (Wildman–Crippen LogP) is 2.94. The van der Waals surface area contributed by atoms with Gasteiger partial charge in [-0.2, -0.15) is 11.8 Å². The molecule has 0 aromatic carbocycles. The largest absolute Gasteiger partial charge is 0.444 e. The summed E-state index contributed by atoms with van der Waals surface area (Å²) in [5.74, 6) is 1.23. The minimum absolute atomic E-state index is 0.163. The first-order valence-corrected chi connectivity index (χ1v) is 10.3. The molecular formula is C18H36N4O2S. The maximum atomic E-state index is 12.2. The maximum Gasteiger partial charge on any atom is 0.410 e. The van der Waals surface area contributed by atoms with Crippen LogP contribution in [0.2, 0.25) is 0 Å². The third-order valence-corrected chi connectivity index (χ3v) is 5.44. The Labute approximate surface area is 157 Å². The van der Waals surface area contributed by atoms with Crippen LogP contribution in [-0.4, -0.2) is 66.8 Å². The minimum atomic E-state index is -0.446. The summed E-state index contributed by atoms with van der Waals surface area (Å²) < 4.78 is 5.65. The molecule has 0 aromatic rings. The molecule has 2 N–H and O–H groups in total. The van der Waals surface area contributed by atoms with Crippen molar-refractivity contribution in [2.75, 3.05) is 39.5 Å². The van der Waals surface area contributed by atoms with E-state index >= 15 is 0 Å². The zero-order valence-corrected chi connectivity index (χ0v) is 17.8. The molecule has 1 saturated heterocycles. The van der Waals surface area contributed by atoms with Gasteiger partial charge >= 0.3 is 6.09 Å². The fourth-order valence-corrected chi connectivity index (χ4v) is 2.77. The number of ether oxygens (including phenoxy) is 1. The molecule has 1 atom stereocenters. The molecule has 1 heterocycles. The van der Waals surface area contributed by atoms with Crippen molar-refractivity contribution in [2.24, 2.45) is 10.9 Å². The quantitative estimate of drug-likeness (QED) is 0.574. The van der Waals surface area contributed by atoms with E-state index in [1.807, 2.05) is 37.4 Å². The first-order valence-electron chi connectivity index (χ1n) is 9.04. The molecule has 1 amide bonds. The van der Waals surface area contributed by atoms with E-state index in [1.165, 1.54) is 0 Å². The number of carbonyl (C=O) groups is 1. The number of thioether (sulfide) groups is 1. The van der Waals surface area contributed by atoms with Gasteiger partial charge in [-0.05, 0) is 59.6 Å². The van der Waals surface area contributed by atoms with Gasteiger partial charge in [-0.3, -0.25) is 4.99 Å². The van der Waals surface area contributed by atoms with Crippen molar-refractivity contribution in [3.63, 3.8) is 0 Å². The van der Waals surface area contributed by atoms with Crippen LogP contribution in [0.1, 0.15) is 47.5 Å². The number of nitrogens with one attached hydrogen (secondary N) is 2. The van der Waals surface area contributed by atoms with Gasteiger partial charge in [0.05, 0.1) is 0 Å². The summed E-state index contributed by atoms with van der Waals surface area (Å²) in [5, 5.41) is 6.77. The van der Waals surface area contributed by atoms with Crippen LogP contribution in [0.4, 0.5) is 4.79 Å². The van der Waals surface area contributed by atoms with Crippen LogP contribution >= 0.6 is 11.8 Å². The third kappa shape index (κ3) is 8.70. The number of likely N-dealkylation sites (tertiary alicyclic amines) is 1. The topological polar surface area (TPSA) is 66.0 Å². The second-order valence-corrected chi connectivity index (χ2v) is 9.72. The van der Waals surface area contributed by atoms with Crippen LogP contribution in [0.15, 0.2) is 4.99 Å². The minimum Gasteiger partial charge on any atom is -0.444 e. The summed E-state index contributed by atoms with van der Waals surface area (Å²) in [6.07, 6.45) is 4.03. The van der Waals surface area contributed by atoms with E-state index in [4.69, 9.17) is 4.74 Å². The Kier molecular flexibility index (Phi) is 8.38. The number of hydrogen-bond acceptors (Lipinski definition) is 4. The lowest BCUT2D eigenvalue weighted by atomic mass is 9.98. The molecule has 0 spiro atoms. The molecule has 1 rings (SSSR count). The fraction of sp³-hybridized carbons (Fsp3) is 0.889. The van der Waals surface area contributed by atoms with Crippen molar-refractivity contribution >= 4 is 23.8 Å². The van der Waals surface area contributed by atoms with Crippen LogP contribution < -0.4 is 10.6 Å². The molecule has 0 radical (unpaired) electrons. The van der Waals surface area contributed by atoms with E-state index < -0.39 is 5.60 Å². The Morgan fingerprint density at radius 2 is 1.96 bits per heavy atom. The maximum absolute atomic E-state index is 12.2. The number of amides is 1. The van der Waals surface area contributed by atoms with E-state index in [-0.39, 0.29) is 10.8 Å². The van der Waals surface area contributed by atoms with E-state index in [0.29, 0.717) is 5.92 Å². The molecule has 0 bridgehead atoms. The first-order chi connectivity index (χ1) is 11.6. The zero-order chi connectivity index (χ0) is 19.1. The highest BCUT2D eigenvalue weighted by Gasteiger charge is 2.27. The molecule has 146 valence electrons. The Morgan fingerprint density at radius 1 is 1.28 bits per heavy atom. The number of aliphatic imine (C=N–C) groups is 1. The number of guanidine groups is 1. The molecule has 25 heavy (non-hydrogen) atoms. The van der Waals surface area contributed by atoms with Gasteiger partial charge in [-0.25, -0.2) is 4.79 Å². The van der Waals surface area contributed by atoms with E-state index in [1.54, 1.807) is 7.05 Å². The predicted molar refractivity (Wildman–Crippen MR) is 107 cm³/mol. The summed E-state index contributed by atoms with van der Waals surface area (Å²) in [5.41, 5.74) is -0.446. The standard InChI is InChI=1S/C18H36N4O2S/c1-17(2,3)24-16(23)22-10-8-9-14(12-22)11-20-15(19-6)21-13-18(4,5)25-7/h14H,8-13H2,1-7H3,(H2,19,20,21). The van der Waals surface area contributed by atoms with Gasteiger partial charge in [-0.1, -0.05) is 0 Å². The van der Waals surface area contributed by atoms with Crippen molar-refractivity contribution in [3.05, 3.63) is 0 Å². The van der Waals surface area contributed by atoms with E-state index in [0.717, 1.165) is 45.0 Å². The average molecular weight is 373 g/mol. The molecule has 1 unspecified atom stereocenters. The van der Waals surface area contributed by atoms with Gasteiger partial charge in [0.1, 0.15) is 5.60 Å². The first kappa shape index (κ1) is 21.9. The summed E-state index contributed by atoms with van der Waals surface area (Å²) in [6, 6.07) is 0. The van der Waals surface area contributed by atoms with Crippen molar-refractivity contribution in [2.45, 2.75) is 57.8 Å².